The van der Waals surface area contributed by atoms with Crippen molar-refractivity contribution in [3.8, 4) is 0 Å². The summed E-state index contributed by atoms with van der Waals surface area (Å²) in [6.45, 7) is 0.964. The number of hydrogen-bond acceptors (Lipinski definition) is 4. The summed E-state index contributed by atoms with van der Waals surface area (Å²) in [7, 11) is 1.60. The lowest BCUT2D eigenvalue weighted by Crippen LogP contribution is -2.27. The highest BCUT2D eigenvalue weighted by Crippen LogP contribution is 2.29. The minimum Gasteiger partial charge on any atom is -0.383 e. The van der Waals surface area contributed by atoms with Gasteiger partial charge in [-0.2, -0.15) is 5.10 Å². The quantitative estimate of drug-likeness (QED) is 0.765. The van der Waals surface area contributed by atoms with Crippen LogP contribution in [0.15, 0.2) is 6.20 Å². The summed E-state index contributed by atoms with van der Waals surface area (Å²) < 4.78 is 6.72. The molecule has 1 heterocycles. The molecule has 2 rings (SSSR count). The maximum absolute atomic E-state index is 11.9. The van der Waals surface area contributed by atoms with Crippen LogP contribution in [0.25, 0.3) is 0 Å². The van der Waals surface area contributed by atoms with E-state index in [9.17, 15) is 4.79 Å². The molecule has 1 aromatic rings. The number of methoxy groups -OCH3 is 1. The van der Waals surface area contributed by atoms with E-state index in [2.05, 4.69) is 10.4 Å². The number of ether oxygens (including phenoxy) is 1. The molecule has 1 aromatic heterocycles. The highest BCUT2D eigenvalue weighted by atomic mass is 16.5. The van der Waals surface area contributed by atoms with E-state index in [4.69, 9.17) is 10.5 Å². The van der Waals surface area contributed by atoms with E-state index in [0.29, 0.717) is 30.6 Å². The average molecular weight is 252 g/mol. The zero-order chi connectivity index (χ0) is 13.0. The van der Waals surface area contributed by atoms with Gasteiger partial charge in [-0.15, -0.1) is 0 Å². The van der Waals surface area contributed by atoms with E-state index < -0.39 is 0 Å². The van der Waals surface area contributed by atoms with Crippen LogP contribution in [-0.4, -0.2) is 35.9 Å². The topological polar surface area (TPSA) is 82.2 Å². The van der Waals surface area contributed by atoms with E-state index in [1.54, 1.807) is 13.3 Å². The Labute approximate surface area is 106 Å². The van der Waals surface area contributed by atoms with Crippen LogP contribution >= 0.6 is 0 Å². The van der Waals surface area contributed by atoms with E-state index in [1.165, 1.54) is 12.8 Å². The van der Waals surface area contributed by atoms with E-state index in [-0.39, 0.29) is 5.91 Å². The van der Waals surface area contributed by atoms with Gasteiger partial charge in [0.1, 0.15) is 5.56 Å². The van der Waals surface area contributed by atoms with Crippen molar-refractivity contribution in [3.63, 3.8) is 0 Å². The first-order valence-electron chi connectivity index (χ1n) is 6.34. The molecule has 100 valence electrons. The highest BCUT2D eigenvalue weighted by molar-refractivity contribution is 5.98. The number of nitrogen functional groups attached to an aromatic ring is 1. The van der Waals surface area contributed by atoms with Gasteiger partial charge in [0.15, 0.2) is 5.82 Å². The van der Waals surface area contributed by atoms with Gasteiger partial charge in [-0.05, 0) is 12.8 Å². The Morgan fingerprint density at radius 2 is 2.33 bits per heavy atom. The van der Waals surface area contributed by atoms with Crippen molar-refractivity contribution in [1.29, 1.82) is 0 Å². The van der Waals surface area contributed by atoms with Gasteiger partial charge in [0.25, 0.3) is 5.91 Å². The fourth-order valence-electron chi connectivity index (χ4n) is 2.30. The fourth-order valence-corrected chi connectivity index (χ4v) is 2.30. The molecule has 0 bridgehead atoms. The molecule has 18 heavy (non-hydrogen) atoms. The Morgan fingerprint density at radius 1 is 1.61 bits per heavy atom. The maximum atomic E-state index is 11.9. The Morgan fingerprint density at radius 3 is 3.00 bits per heavy atom. The summed E-state index contributed by atoms with van der Waals surface area (Å²) in [5, 5.41) is 6.99. The van der Waals surface area contributed by atoms with Gasteiger partial charge in [0.05, 0.1) is 12.6 Å². The number of hydrogen-bond donors (Lipinski definition) is 2. The molecule has 0 aliphatic heterocycles. The van der Waals surface area contributed by atoms with Gasteiger partial charge in [-0.3, -0.25) is 9.48 Å². The first-order valence-corrected chi connectivity index (χ1v) is 6.34. The van der Waals surface area contributed by atoms with Crippen molar-refractivity contribution in [2.24, 2.45) is 0 Å². The smallest absolute Gasteiger partial charge is 0.256 e. The lowest BCUT2D eigenvalue weighted by Gasteiger charge is -2.08. The first kappa shape index (κ1) is 12.9. The maximum Gasteiger partial charge on any atom is 0.256 e. The van der Waals surface area contributed by atoms with Gasteiger partial charge in [0, 0.05) is 19.9 Å². The van der Waals surface area contributed by atoms with Gasteiger partial charge in [-0.25, -0.2) is 0 Å². The molecule has 0 radical (unpaired) electrons. The number of nitrogens with zero attached hydrogens (tertiary/aromatic N) is 2. The highest BCUT2D eigenvalue weighted by Gasteiger charge is 2.21. The van der Waals surface area contributed by atoms with Crippen molar-refractivity contribution < 1.29 is 9.53 Å². The number of anilines is 1. The molecular formula is C12H20N4O2. The van der Waals surface area contributed by atoms with Crippen molar-refractivity contribution in [3.05, 3.63) is 11.8 Å². The zero-order valence-electron chi connectivity index (χ0n) is 10.7. The van der Waals surface area contributed by atoms with Crippen LogP contribution in [0.4, 0.5) is 5.82 Å². The molecule has 0 unspecified atom stereocenters. The molecule has 0 saturated heterocycles. The number of nitrogens with one attached hydrogen (secondary N) is 1. The van der Waals surface area contributed by atoms with Gasteiger partial charge in [-0.1, -0.05) is 12.8 Å². The molecule has 1 aliphatic carbocycles. The van der Waals surface area contributed by atoms with E-state index in [0.717, 1.165) is 12.8 Å². The van der Waals surface area contributed by atoms with Crippen molar-refractivity contribution in [1.82, 2.24) is 15.1 Å². The fraction of sp³-hybridized carbons (Fsp3) is 0.667. The van der Waals surface area contributed by atoms with Crippen molar-refractivity contribution in [2.45, 2.75) is 31.7 Å². The number of carbonyl (C=O) groups is 1. The minimum absolute atomic E-state index is 0.186. The van der Waals surface area contributed by atoms with E-state index in [1.807, 2.05) is 4.68 Å². The molecule has 1 amide bonds. The van der Waals surface area contributed by atoms with Gasteiger partial charge in [0.2, 0.25) is 0 Å². The number of aromatic nitrogens is 2. The van der Waals surface area contributed by atoms with Gasteiger partial charge < -0.3 is 15.8 Å². The lowest BCUT2D eigenvalue weighted by molar-refractivity contribution is 0.0938. The van der Waals surface area contributed by atoms with E-state index >= 15 is 0 Å². The van der Waals surface area contributed by atoms with Crippen molar-refractivity contribution in [2.75, 3.05) is 26.0 Å². The average Bonchev–Trinajstić information content (AvgIpc) is 2.97. The van der Waals surface area contributed by atoms with Crippen molar-refractivity contribution >= 4 is 11.7 Å². The third-order valence-electron chi connectivity index (χ3n) is 3.30. The largest absolute Gasteiger partial charge is 0.383 e. The molecule has 6 heteroatoms. The predicted octanol–water partition coefficient (Wildman–Crippen LogP) is 0.957. The minimum atomic E-state index is -0.186. The number of nitrogens with two attached hydrogens (primary N) is 1. The Bertz CT molecular complexity index is 410. The number of carbonyl (C=O) groups excluding carboxylic acids is 1. The van der Waals surface area contributed by atoms with Gasteiger partial charge >= 0.3 is 0 Å². The summed E-state index contributed by atoms with van der Waals surface area (Å²) in [5.74, 6) is 0.116. The Balaban J connectivity index is 2.01. The van der Waals surface area contributed by atoms with Crippen LogP contribution in [-0.2, 0) is 4.74 Å². The normalized spacial score (nSPS) is 16.1. The third kappa shape index (κ3) is 2.81. The second-order valence-electron chi connectivity index (χ2n) is 4.60. The molecule has 3 N–H and O–H groups in total. The molecule has 0 atom stereocenters. The Kier molecular flexibility index (Phi) is 4.19. The summed E-state index contributed by atoms with van der Waals surface area (Å²) in [6.07, 6.45) is 6.44. The van der Waals surface area contributed by atoms with Crippen LogP contribution in [0.2, 0.25) is 0 Å². The number of amides is 1. The standard InChI is InChI=1S/C12H20N4O2/c1-18-7-6-14-12(17)10-8-16(15-11(10)13)9-4-2-3-5-9/h8-9H,2-7H2,1H3,(H2,13,15)(H,14,17). The Hall–Kier alpha value is -1.56. The molecular weight excluding hydrogens is 232 g/mol. The second kappa shape index (κ2) is 5.86. The summed E-state index contributed by atoms with van der Waals surface area (Å²) in [5.41, 5.74) is 6.25. The lowest BCUT2D eigenvalue weighted by atomic mass is 10.2. The van der Waals surface area contributed by atoms with Crippen LogP contribution in [0.3, 0.4) is 0 Å². The monoisotopic (exact) mass is 252 g/mol. The molecule has 1 fully saturated rings. The SMILES string of the molecule is COCCNC(=O)c1cn(C2CCCC2)nc1N. The summed E-state index contributed by atoms with van der Waals surface area (Å²) >= 11 is 0. The van der Waals surface area contributed by atoms with Crippen LogP contribution in [0.5, 0.6) is 0 Å². The van der Waals surface area contributed by atoms with Crippen LogP contribution < -0.4 is 11.1 Å². The third-order valence-corrected chi connectivity index (χ3v) is 3.30. The van der Waals surface area contributed by atoms with Crippen LogP contribution in [0, 0.1) is 0 Å². The summed E-state index contributed by atoms with van der Waals surface area (Å²) in [6, 6.07) is 0.396. The zero-order valence-corrected chi connectivity index (χ0v) is 10.7. The molecule has 0 aromatic carbocycles. The molecule has 1 saturated carbocycles. The molecule has 1 aliphatic rings. The second-order valence-corrected chi connectivity index (χ2v) is 4.60. The summed E-state index contributed by atoms with van der Waals surface area (Å²) in [4.78, 5) is 11.9. The first-order chi connectivity index (χ1) is 8.72. The molecule has 0 spiro atoms. The number of rotatable bonds is 5. The van der Waals surface area contributed by atoms with Crippen LogP contribution in [0.1, 0.15) is 42.1 Å². The molecule has 6 nitrogen and oxygen atoms in total. The predicted molar refractivity (Wildman–Crippen MR) is 68.4 cm³/mol.